The summed E-state index contributed by atoms with van der Waals surface area (Å²) in [4.78, 5) is 12.4. The summed E-state index contributed by atoms with van der Waals surface area (Å²) in [6, 6.07) is 9.00. The first-order valence-electron chi connectivity index (χ1n) is 7.25. The van der Waals surface area contributed by atoms with E-state index in [1.54, 1.807) is 38.3 Å². The van der Waals surface area contributed by atoms with Gasteiger partial charge in [0.15, 0.2) is 0 Å². The number of methoxy groups -OCH3 is 1. The van der Waals surface area contributed by atoms with Gasteiger partial charge in [-0.05, 0) is 24.6 Å². The van der Waals surface area contributed by atoms with Crippen LogP contribution in [-0.2, 0) is 14.3 Å². The molecule has 1 aliphatic heterocycles. The number of hydrogen-bond acceptors (Lipinski definition) is 6. The van der Waals surface area contributed by atoms with Crippen molar-refractivity contribution in [3.8, 4) is 11.8 Å². The van der Waals surface area contributed by atoms with Gasteiger partial charge in [-0.15, -0.1) is 11.6 Å². The van der Waals surface area contributed by atoms with Crippen LogP contribution in [0.1, 0.15) is 18.4 Å². The summed E-state index contributed by atoms with van der Waals surface area (Å²) in [6.07, 6.45) is 0. The second-order valence-electron chi connectivity index (χ2n) is 4.89. The van der Waals surface area contributed by atoms with Gasteiger partial charge in [0.25, 0.3) is 0 Å². The third-order valence-corrected chi connectivity index (χ3v) is 3.81. The van der Waals surface area contributed by atoms with Gasteiger partial charge in [0, 0.05) is 0 Å². The molecule has 0 amide bonds. The minimum Gasteiger partial charge on any atom is -0.497 e. The van der Waals surface area contributed by atoms with Gasteiger partial charge in [-0.2, -0.15) is 5.26 Å². The number of nitriles is 1. The molecule has 0 radical (unpaired) electrons. The molecule has 0 saturated carbocycles. The number of carbonyl (C=O) groups excluding carboxylic acids is 1. The fraction of sp³-hybridized carbons (Fsp3) is 0.294. The van der Waals surface area contributed by atoms with Crippen LogP contribution < -0.4 is 10.5 Å². The van der Waals surface area contributed by atoms with Crippen molar-refractivity contribution >= 4 is 17.6 Å². The molecule has 0 aromatic heterocycles. The molecule has 0 bridgehead atoms. The van der Waals surface area contributed by atoms with Crippen LogP contribution in [0.2, 0.25) is 0 Å². The van der Waals surface area contributed by atoms with Crippen LogP contribution in [-0.4, -0.2) is 25.6 Å². The molecule has 0 fully saturated rings. The Morgan fingerprint density at radius 3 is 2.58 bits per heavy atom. The Hall–Kier alpha value is -2.65. The van der Waals surface area contributed by atoms with Gasteiger partial charge in [0.2, 0.25) is 5.88 Å². The van der Waals surface area contributed by atoms with E-state index < -0.39 is 11.9 Å². The fourth-order valence-electron chi connectivity index (χ4n) is 2.48. The largest absolute Gasteiger partial charge is 0.497 e. The first-order valence-corrected chi connectivity index (χ1v) is 7.78. The summed E-state index contributed by atoms with van der Waals surface area (Å²) in [5.41, 5.74) is 6.84. The maximum Gasteiger partial charge on any atom is 0.338 e. The van der Waals surface area contributed by atoms with Crippen molar-refractivity contribution in [2.45, 2.75) is 12.8 Å². The van der Waals surface area contributed by atoms with Crippen molar-refractivity contribution < 1.29 is 19.0 Å². The Morgan fingerprint density at radius 1 is 1.42 bits per heavy atom. The zero-order chi connectivity index (χ0) is 17.7. The van der Waals surface area contributed by atoms with Crippen LogP contribution in [0, 0.1) is 11.3 Å². The molecule has 1 aliphatic rings. The standard InChI is InChI=1S/C17H17ClN2O4/c1-3-23-17(21)15-13(8-18)24-16(20)12(9-19)14(15)10-4-6-11(22-2)7-5-10/h4-7,14H,3,8,20H2,1-2H3. The lowest BCUT2D eigenvalue weighted by Crippen LogP contribution is -2.26. The number of nitrogens with two attached hydrogens (primary N) is 1. The van der Waals surface area contributed by atoms with Crippen LogP contribution in [0.25, 0.3) is 0 Å². The number of alkyl halides is 1. The number of nitrogens with zero attached hydrogens (tertiary/aromatic N) is 1. The van der Waals surface area contributed by atoms with E-state index in [1.807, 2.05) is 6.07 Å². The smallest absolute Gasteiger partial charge is 0.338 e. The second kappa shape index (κ2) is 7.75. The lowest BCUT2D eigenvalue weighted by atomic mass is 9.83. The first kappa shape index (κ1) is 17.7. The molecular weight excluding hydrogens is 332 g/mol. The van der Waals surface area contributed by atoms with E-state index in [0.717, 1.165) is 0 Å². The predicted octanol–water partition coefficient (Wildman–Crippen LogP) is 2.56. The number of benzene rings is 1. The lowest BCUT2D eigenvalue weighted by molar-refractivity contribution is -0.139. The molecule has 1 aromatic carbocycles. The van der Waals surface area contributed by atoms with Gasteiger partial charge < -0.3 is 19.9 Å². The second-order valence-corrected chi connectivity index (χ2v) is 5.16. The van der Waals surface area contributed by atoms with Gasteiger partial charge in [0.05, 0.1) is 31.1 Å². The molecule has 0 spiro atoms. The zero-order valence-electron chi connectivity index (χ0n) is 13.3. The summed E-state index contributed by atoms with van der Waals surface area (Å²) < 4.78 is 15.6. The summed E-state index contributed by atoms with van der Waals surface area (Å²) in [7, 11) is 1.55. The lowest BCUT2D eigenvalue weighted by Gasteiger charge is -2.27. The predicted molar refractivity (Wildman–Crippen MR) is 88.0 cm³/mol. The normalized spacial score (nSPS) is 17.2. The molecule has 6 nitrogen and oxygen atoms in total. The Bertz CT molecular complexity index is 732. The molecule has 1 atom stereocenters. The van der Waals surface area contributed by atoms with E-state index in [-0.39, 0.29) is 35.3 Å². The number of ether oxygens (including phenoxy) is 3. The molecular formula is C17H17ClN2O4. The summed E-state index contributed by atoms with van der Waals surface area (Å²) in [5.74, 6) is -0.591. The highest BCUT2D eigenvalue weighted by Gasteiger charge is 2.37. The minimum absolute atomic E-state index is 0.0676. The fourth-order valence-corrected chi connectivity index (χ4v) is 2.68. The van der Waals surface area contributed by atoms with Gasteiger partial charge in [-0.3, -0.25) is 0 Å². The SMILES string of the molecule is CCOC(=O)C1=C(CCl)OC(N)=C(C#N)C1c1ccc(OC)cc1. The van der Waals surface area contributed by atoms with E-state index in [2.05, 4.69) is 0 Å². The third-order valence-electron chi connectivity index (χ3n) is 3.56. The quantitative estimate of drug-likeness (QED) is 0.649. The Morgan fingerprint density at radius 2 is 2.08 bits per heavy atom. The summed E-state index contributed by atoms with van der Waals surface area (Å²) in [5, 5.41) is 9.48. The summed E-state index contributed by atoms with van der Waals surface area (Å²) >= 11 is 5.90. The van der Waals surface area contributed by atoms with Crippen molar-refractivity contribution in [1.29, 1.82) is 5.26 Å². The van der Waals surface area contributed by atoms with Gasteiger partial charge in [-0.25, -0.2) is 4.79 Å². The van der Waals surface area contributed by atoms with E-state index >= 15 is 0 Å². The average Bonchev–Trinajstić information content (AvgIpc) is 2.60. The van der Waals surface area contributed by atoms with E-state index in [4.69, 9.17) is 31.5 Å². The molecule has 1 aromatic rings. The van der Waals surface area contributed by atoms with Crippen molar-refractivity contribution in [3.05, 3.63) is 52.6 Å². The highest BCUT2D eigenvalue weighted by atomic mass is 35.5. The number of hydrogen-bond donors (Lipinski definition) is 1. The average molecular weight is 349 g/mol. The van der Waals surface area contributed by atoms with E-state index in [0.29, 0.717) is 11.3 Å². The number of esters is 1. The van der Waals surface area contributed by atoms with Crippen LogP contribution >= 0.6 is 11.6 Å². The van der Waals surface area contributed by atoms with Crippen molar-refractivity contribution in [3.63, 3.8) is 0 Å². The molecule has 0 saturated heterocycles. The molecule has 2 N–H and O–H groups in total. The van der Waals surface area contributed by atoms with Crippen LogP contribution in [0.15, 0.2) is 47.1 Å². The molecule has 24 heavy (non-hydrogen) atoms. The Balaban J connectivity index is 2.60. The van der Waals surface area contributed by atoms with Gasteiger partial charge in [-0.1, -0.05) is 12.1 Å². The maximum absolute atomic E-state index is 12.4. The number of allylic oxidation sites excluding steroid dienone is 2. The minimum atomic E-state index is -0.706. The number of carbonyl (C=O) groups is 1. The topological polar surface area (TPSA) is 94.6 Å². The van der Waals surface area contributed by atoms with Crippen LogP contribution in [0.4, 0.5) is 0 Å². The monoisotopic (exact) mass is 348 g/mol. The highest BCUT2D eigenvalue weighted by Crippen LogP contribution is 2.40. The Labute approximate surface area is 145 Å². The molecule has 0 aliphatic carbocycles. The van der Waals surface area contributed by atoms with Crippen LogP contribution in [0.5, 0.6) is 5.75 Å². The van der Waals surface area contributed by atoms with Gasteiger partial charge >= 0.3 is 5.97 Å². The maximum atomic E-state index is 12.4. The molecule has 126 valence electrons. The molecule has 1 unspecified atom stereocenters. The highest BCUT2D eigenvalue weighted by molar-refractivity contribution is 6.19. The Kier molecular flexibility index (Phi) is 5.72. The number of rotatable bonds is 5. The van der Waals surface area contributed by atoms with E-state index in [1.165, 1.54) is 0 Å². The van der Waals surface area contributed by atoms with E-state index in [9.17, 15) is 10.1 Å². The molecule has 1 heterocycles. The van der Waals surface area contributed by atoms with Crippen molar-refractivity contribution in [1.82, 2.24) is 0 Å². The molecule has 2 rings (SSSR count). The van der Waals surface area contributed by atoms with Crippen molar-refractivity contribution in [2.24, 2.45) is 5.73 Å². The molecule has 7 heteroatoms. The van der Waals surface area contributed by atoms with Crippen molar-refractivity contribution in [2.75, 3.05) is 19.6 Å². The van der Waals surface area contributed by atoms with Gasteiger partial charge in [0.1, 0.15) is 23.2 Å². The van der Waals surface area contributed by atoms with Crippen LogP contribution in [0.3, 0.4) is 0 Å². The third kappa shape index (κ3) is 3.31. The number of halogens is 1. The summed E-state index contributed by atoms with van der Waals surface area (Å²) in [6.45, 7) is 1.88. The zero-order valence-corrected chi connectivity index (χ0v) is 14.1. The first-order chi connectivity index (χ1) is 11.6.